The van der Waals surface area contributed by atoms with E-state index in [1.165, 1.54) is 18.4 Å². The summed E-state index contributed by atoms with van der Waals surface area (Å²) in [6.07, 6.45) is 1.61. The molecule has 126 valence electrons. The first-order chi connectivity index (χ1) is 12.2. The van der Waals surface area contributed by atoms with Crippen molar-refractivity contribution < 1.29 is 14.3 Å². The zero-order valence-electron chi connectivity index (χ0n) is 13.4. The molecule has 6 nitrogen and oxygen atoms in total. The normalized spacial score (nSPS) is 10.1. The number of ether oxygens (including phenoxy) is 1. The fraction of sp³-hybridized carbons (Fsp3) is 0.0556. The summed E-state index contributed by atoms with van der Waals surface area (Å²) >= 11 is 1.33. The standard InChI is InChI=1S/C18H15N3O3S/c1-24-15-11-13(17(23)21-18-19-9-10-25-18)7-8-14(15)20-16(22)12-5-3-2-4-6-12/h2-11H,1H3,(H,20,22)(H,19,21,23). The Morgan fingerprint density at radius 2 is 1.76 bits per heavy atom. The number of carbonyl (C=O) groups excluding carboxylic acids is 2. The van der Waals surface area contributed by atoms with E-state index in [0.717, 1.165) is 0 Å². The van der Waals surface area contributed by atoms with E-state index in [1.54, 1.807) is 54.0 Å². The molecule has 0 bridgehead atoms. The molecule has 1 heterocycles. The second-order valence-corrected chi connectivity index (χ2v) is 5.92. The fourth-order valence-corrected chi connectivity index (χ4v) is 2.70. The van der Waals surface area contributed by atoms with Crippen molar-refractivity contribution >= 4 is 34.0 Å². The van der Waals surface area contributed by atoms with Crippen LogP contribution in [0.3, 0.4) is 0 Å². The zero-order chi connectivity index (χ0) is 17.6. The molecule has 2 amide bonds. The van der Waals surface area contributed by atoms with Gasteiger partial charge >= 0.3 is 0 Å². The lowest BCUT2D eigenvalue weighted by atomic mass is 10.1. The largest absolute Gasteiger partial charge is 0.495 e. The minimum absolute atomic E-state index is 0.251. The first-order valence-electron chi connectivity index (χ1n) is 7.42. The van der Waals surface area contributed by atoms with E-state index >= 15 is 0 Å². The predicted octanol–water partition coefficient (Wildman–Crippen LogP) is 3.66. The molecule has 7 heteroatoms. The summed E-state index contributed by atoms with van der Waals surface area (Å²) in [7, 11) is 1.48. The van der Waals surface area contributed by atoms with Crippen LogP contribution in [0.2, 0.25) is 0 Å². The molecule has 0 atom stereocenters. The number of carbonyl (C=O) groups is 2. The molecular weight excluding hydrogens is 338 g/mol. The average molecular weight is 353 g/mol. The molecule has 0 saturated heterocycles. The topological polar surface area (TPSA) is 80.3 Å². The Morgan fingerprint density at radius 3 is 2.44 bits per heavy atom. The van der Waals surface area contributed by atoms with E-state index in [4.69, 9.17) is 4.74 Å². The summed E-state index contributed by atoms with van der Waals surface area (Å²) < 4.78 is 5.30. The first kappa shape index (κ1) is 16.7. The Hall–Kier alpha value is -3.19. The van der Waals surface area contributed by atoms with Gasteiger partial charge in [-0.2, -0.15) is 0 Å². The van der Waals surface area contributed by atoms with Gasteiger partial charge in [-0.15, -0.1) is 11.3 Å². The van der Waals surface area contributed by atoms with Crippen LogP contribution in [-0.4, -0.2) is 23.9 Å². The molecule has 2 N–H and O–H groups in total. The fourth-order valence-electron chi connectivity index (χ4n) is 2.17. The van der Waals surface area contributed by atoms with Gasteiger partial charge in [0.05, 0.1) is 12.8 Å². The number of methoxy groups -OCH3 is 1. The van der Waals surface area contributed by atoms with Crippen LogP contribution in [0.25, 0.3) is 0 Å². The lowest BCUT2D eigenvalue weighted by Crippen LogP contribution is -2.14. The average Bonchev–Trinajstić information content (AvgIpc) is 3.15. The molecule has 0 aliphatic carbocycles. The van der Waals surface area contributed by atoms with Crippen LogP contribution in [0.15, 0.2) is 60.1 Å². The number of nitrogens with one attached hydrogen (secondary N) is 2. The lowest BCUT2D eigenvalue weighted by molar-refractivity contribution is 0.102. The molecule has 0 aliphatic rings. The van der Waals surface area contributed by atoms with E-state index in [9.17, 15) is 9.59 Å². The maximum Gasteiger partial charge on any atom is 0.257 e. The molecule has 0 fully saturated rings. The highest BCUT2D eigenvalue weighted by atomic mass is 32.1. The van der Waals surface area contributed by atoms with Crippen LogP contribution in [0.4, 0.5) is 10.8 Å². The molecule has 0 radical (unpaired) electrons. The minimum atomic E-state index is -0.297. The van der Waals surface area contributed by atoms with E-state index in [0.29, 0.717) is 27.7 Å². The first-order valence-corrected chi connectivity index (χ1v) is 8.30. The summed E-state index contributed by atoms with van der Waals surface area (Å²) in [5.74, 6) is -0.149. The molecule has 3 rings (SSSR count). The maximum atomic E-state index is 12.3. The number of amides is 2. The number of nitrogens with zero attached hydrogens (tertiary/aromatic N) is 1. The molecule has 0 unspecified atom stereocenters. The summed E-state index contributed by atoms with van der Waals surface area (Å²) in [6, 6.07) is 13.7. The van der Waals surface area contributed by atoms with Gasteiger partial charge < -0.3 is 10.1 Å². The monoisotopic (exact) mass is 353 g/mol. The van der Waals surface area contributed by atoms with Crippen LogP contribution in [0.5, 0.6) is 5.75 Å². The Bertz CT molecular complexity index is 880. The van der Waals surface area contributed by atoms with Gasteiger partial charge in [-0.25, -0.2) is 4.98 Å². The Labute approximate surface area is 148 Å². The number of anilines is 2. The van der Waals surface area contributed by atoms with Gasteiger partial charge in [0, 0.05) is 22.7 Å². The maximum absolute atomic E-state index is 12.3. The number of hydrogen-bond donors (Lipinski definition) is 2. The summed E-state index contributed by atoms with van der Waals surface area (Å²) in [4.78, 5) is 28.5. The second-order valence-electron chi connectivity index (χ2n) is 5.03. The Morgan fingerprint density at radius 1 is 1.00 bits per heavy atom. The molecule has 0 saturated carbocycles. The highest BCUT2D eigenvalue weighted by molar-refractivity contribution is 7.13. The number of thiazole rings is 1. The molecule has 3 aromatic rings. The van der Waals surface area contributed by atoms with Crippen molar-refractivity contribution in [1.29, 1.82) is 0 Å². The molecule has 2 aromatic carbocycles. The SMILES string of the molecule is COc1cc(C(=O)Nc2nccs2)ccc1NC(=O)c1ccccc1. The van der Waals surface area contributed by atoms with Gasteiger partial charge in [-0.05, 0) is 30.3 Å². The van der Waals surface area contributed by atoms with Gasteiger partial charge in [0.15, 0.2) is 5.13 Å². The number of benzene rings is 2. The predicted molar refractivity (Wildman–Crippen MR) is 97.5 cm³/mol. The van der Waals surface area contributed by atoms with Crippen LogP contribution in [-0.2, 0) is 0 Å². The number of rotatable bonds is 5. The zero-order valence-corrected chi connectivity index (χ0v) is 14.2. The quantitative estimate of drug-likeness (QED) is 0.734. The van der Waals surface area contributed by atoms with Crippen molar-refractivity contribution in [3.63, 3.8) is 0 Å². The third-order valence-electron chi connectivity index (χ3n) is 3.40. The van der Waals surface area contributed by atoms with Crippen molar-refractivity contribution in [3.8, 4) is 5.75 Å². The van der Waals surface area contributed by atoms with Crippen molar-refractivity contribution in [2.75, 3.05) is 17.7 Å². The van der Waals surface area contributed by atoms with Crippen molar-refractivity contribution in [2.45, 2.75) is 0 Å². The minimum Gasteiger partial charge on any atom is -0.495 e. The highest BCUT2D eigenvalue weighted by Crippen LogP contribution is 2.26. The van der Waals surface area contributed by atoms with Crippen LogP contribution >= 0.6 is 11.3 Å². The highest BCUT2D eigenvalue weighted by Gasteiger charge is 2.14. The van der Waals surface area contributed by atoms with E-state index in [2.05, 4.69) is 15.6 Å². The molecular formula is C18H15N3O3S. The third-order valence-corrected chi connectivity index (χ3v) is 4.09. The second kappa shape index (κ2) is 7.59. The molecule has 0 spiro atoms. The molecule has 0 aliphatic heterocycles. The van der Waals surface area contributed by atoms with Crippen molar-refractivity contribution in [1.82, 2.24) is 4.98 Å². The Balaban J connectivity index is 1.77. The third kappa shape index (κ3) is 4.02. The van der Waals surface area contributed by atoms with Crippen LogP contribution in [0, 0.1) is 0 Å². The Kier molecular flexibility index (Phi) is 5.06. The summed E-state index contributed by atoms with van der Waals surface area (Å²) in [5, 5.41) is 7.78. The van der Waals surface area contributed by atoms with Gasteiger partial charge in [0.25, 0.3) is 11.8 Å². The van der Waals surface area contributed by atoms with E-state index < -0.39 is 0 Å². The summed E-state index contributed by atoms with van der Waals surface area (Å²) in [6.45, 7) is 0. The van der Waals surface area contributed by atoms with Crippen LogP contribution < -0.4 is 15.4 Å². The number of hydrogen-bond acceptors (Lipinski definition) is 5. The van der Waals surface area contributed by atoms with E-state index in [-0.39, 0.29) is 11.8 Å². The van der Waals surface area contributed by atoms with Gasteiger partial charge in [0.2, 0.25) is 0 Å². The van der Waals surface area contributed by atoms with Gasteiger partial charge in [0.1, 0.15) is 5.75 Å². The molecule has 25 heavy (non-hydrogen) atoms. The van der Waals surface area contributed by atoms with Crippen molar-refractivity contribution in [3.05, 3.63) is 71.2 Å². The van der Waals surface area contributed by atoms with Gasteiger partial charge in [-0.1, -0.05) is 18.2 Å². The van der Waals surface area contributed by atoms with E-state index in [1.807, 2.05) is 6.07 Å². The smallest absolute Gasteiger partial charge is 0.257 e. The van der Waals surface area contributed by atoms with Gasteiger partial charge in [-0.3, -0.25) is 14.9 Å². The van der Waals surface area contributed by atoms with Crippen molar-refractivity contribution in [2.24, 2.45) is 0 Å². The summed E-state index contributed by atoms with van der Waals surface area (Å²) in [5.41, 5.74) is 1.43. The molecule has 1 aromatic heterocycles. The number of aromatic nitrogens is 1. The van der Waals surface area contributed by atoms with Crippen LogP contribution in [0.1, 0.15) is 20.7 Å². The lowest BCUT2D eigenvalue weighted by Gasteiger charge is -2.12.